The van der Waals surface area contributed by atoms with E-state index in [1.807, 2.05) is 0 Å². The van der Waals surface area contributed by atoms with Crippen molar-refractivity contribution >= 4 is 11.7 Å². The average molecular weight is 179 g/mol. The molecular weight excluding hydrogens is 170 g/mol. The topological polar surface area (TPSA) is 75.9 Å². The Morgan fingerprint density at radius 3 is 3.00 bits per heavy atom. The highest BCUT2D eigenvalue weighted by atomic mass is 16.5. The molecule has 1 aromatic heterocycles. The molecule has 0 amide bonds. The van der Waals surface area contributed by atoms with Gasteiger partial charge in [0.1, 0.15) is 5.69 Å². The summed E-state index contributed by atoms with van der Waals surface area (Å²) in [4.78, 5) is 11.0. The van der Waals surface area contributed by atoms with Gasteiger partial charge in [-0.25, -0.2) is 4.79 Å². The van der Waals surface area contributed by atoms with Gasteiger partial charge in [-0.1, -0.05) is 0 Å². The first-order valence-electron chi connectivity index (χ1n) is 3.79. The van der Waals surface area contributed by atoms with Gasteiger partial charge in [0.15, 0.2) is 5.71 Å². The monoisotopic (exact) mass is 179 g/mol. The van der Waals surface area contributed by atoms with E-state index in [1.165, 1.54) is 12.3 Å². The van der Waals surface area contributed by atoms with Crippen molar-refractivity contribution in [2.24, 2.45) is 0 Å². The van der Waals surface area contributed by atoms with Gasteiger partial charge in [-0.15, -0.1) is 5.10 Å². The van der Waals surface area contributed by atoms with Crippen molar-refractivity contribution in [1.82, 2.24) is 10.2 Å². The van der Waals surface area contributed by atoms with Crippen LogP contribution in [0, 0.1) is 5.41 Å². The maximum Gasteiger partial charge on any atom is 0.358 e. The molecule has 1 N–H and O–H groups in total. The Morgan fingerprint density at radius 1 is 1.69 bits per heavy atom. The van der Waals surface area contributed by atoms with Gasteiger partial charge >= 0.3 is 5.97 Å². The van der Waals surface area contributed by atoms with Crippen LogP contribution in [0.3, 0.4) is 0 Å². The highest BCUT2D eigenvalue weighted by molar-refractivity contribution is 6.41. The van der Waals surface area contributed by atoms with Gasteiger partial charge in [-0.3, -0.25) is 5.41 Å². The summed E-state index contributed by atoms with van der Waals surface area (Å²) in [5.41, 5.74) is -0.0455. The molecule has 1 rings (SSSR count). The van der Waals surface area contributed by atoms with Crippen molar-refractivity contribution in [2.45, 2.75) is 6.92 Å². The second-order valence-electron chi connectivity index (χ2n) is 2.20. The highest BCUT2D eigenvalue weighted by Crippen LogP contribution is 1.95. The number of carbonyl (C=O) groups is 1. The molecule has 0 saturated heterocycles. The third-order valence-electron chi connectivity index (χ3n) is 1.31. The molecule has 0 spiro atoms. The maximum atomic E-state index is 11.0. The standard InChI is InChI=1S/C8H9N3O2/c1-2-13-8(12)7(9)6-4-3-5-10-11-6/h3-5,9H,2H2,1H3. The molecule has 1 heterocycles. The smallest absolute Gasteiger partial charge is 0.358 e. The second-order valence-corrected chi connectivity index (χ2v) is 2.20. The molecule has 0 aliphatic rings. The lowest BCUT2D eigenvalue weighted by Gasteiger charge is -2.00. The minimum atomic E-state index is -0.678. The predicted octanol–water partition coefficient (Wildman–Crippen LogP) is 0.408. The number of carbonyl (C=O) groups excluding carboxylic acids is 1. The maximum absolute atomic E-state index is 11.0. The molecular formula is C8H9N3O2. The van der Waals surface area contributed by atoms with E-state index in [1.54, 1.807) is 13.0 Å². The lowest BCUT2D eigenvalue weighted by molar-refractivity contribution is -0.135. The molecule has 68 valence electrons. The average Bonchev–Trinajstić information content (AvgIpc) is 2.18. The quantitative estimate of drug-likeness (QED) is 0.538. The molecule has 0 aliphatic heterocycles. The van der Waals surface area contributed by atoms with Crippen LogP contribution in [0.2, 0.25) is 0 Å². The zero-order valence-corrected chi connectivity index (χ0v) is 7.15. The molecule has 0 bridgehead atoms. The number of aromatic nitrogens is 2. The number of esters is 1. The van der Waals surface area contributed by atoms with Crippen LogP contribution in [0.25, 0.3) is 0 Å². The molecule has 0 radical (unpaired) electrons. The highest BCUT2D eigenvalue weighted by Gasteiger charge is 2.13. The summed E-state index contributed by atoms with van der Waals surface area (Å²) in [7, 11) is 0. The number of nitrogens with one attached hydrogen (secondary N) is 1. The van der Waals surface area contributed by atoms with Crippen LogP contribution >= 0.6 is 0 Å². The van der Waals surface area contributed by atoms with Crippen LogP contribution in [0.4, 0.5) is 0 Å². The first-order valence-corrected chi connectivity index (χ1v) is 3.79. The Morgan fingerprint density at radius 2 is 2.46 bits per heavy atom. The lowest BCUT2D eigenvalue weighted by atomic mass is 10.2. The molecule has 0 fully saturated rings. The van der Waals surface area contributed by atoms with E-state index in [0.717, 1.165) is 0 Å². The van der Waals surface area contributed by atoms with Crippen molar-refractivity contribution in [3.05, 3.63) is 24.0 Å². The summed E-state index contributed by atoms with van der Waals surface area (Å²) in [6.45, 7) is 1.93. The normalized spacial score (nSPS) is 9.31. The fraction of sp³-hybridized carbons (Fsp3) is 0.250. The summed E-state index contributed by atoms with van der Waals surface area (Å²) in [6, 6.07) is 3.14. The molecule has 0 aliphatic carbocycles. The predicted molar refractivity (Wildman–Crippen MR) is 45.5 cm³/mol. The van der Waals surface area contributed by atoms with Crippen LogP contribution in [0.1, 0.15) is 12.6 Å². The van der Waals surface area contributed by atoms with Crippen LogP contribution in [-0.4, -0.2) is 28.5 Å². The first-order chi connectivity index (χ1) is 6.25. The molecule has 5 nitrogen and oxygen atoms in total. The zero-order valence-electron chi connectivity index (χ0n) is 7.15. The van der Waals surface area contributed by atoms with Gasteiger partial charge in [0.2, 0.25) is 0 Å². The Hall–Kier alpha value is -1.78. The van der Waals surface area contributed by atoms with Crippen LogP contribution in [-0.2, 0) is 9.53 Å². The molecule has 0 aromatic carbocycles. The van der Waals surface area contributed by atoms with Gasteiger partial charge in [-0.05, 0) is 19.1 Å². The number of ether oxygens (including phenoxy) is 1. The molecule has 0 unspecified atom stereocenters. The third-order valence-corrected chi connectivity index (χ3v) is 1.31. The zero-order chi connectivity index (χ0) is 9.68. The number of nitrogens with zero attached hydrogens (tertiary/aromatic N) is 2. The van der Waals surface area contributed by atoms with Crippen LogP contribution < -0.4 is 0 Å². The van der Waals surface area contributed by atoms with E-state index < -0.39 is 5.97 Å². The number of rotatable bonds is 3. The fourth-order valence-electron chi connectivity index (χ4n) is 0.743. The van der Waals surface area contributed by atoms with E-state index in [-0.39, 0.29) is 18.0 Å². The summed E-state index contributed by atoms with van der Waals surface area (Å²) in [5, 5.41) is 14.5. The first kappa shape index (κ1) is 9.31. The van der Waals surface area contributed by atoms with E-state index in [9.17, 15) is 4.79 Å². The molecule has 0 saturated carbocycles. The Bertz CT molecular complexity index is 310. The SMILES string of the molecule is CCOC(=O)C(=N)c1cccnn1. The summed E-state index contributed by atoms with van der Waals surface area (Å²) < 4.78 is 4.63. The minimum absolute atomic E-state index is 0.223. The van der Waals surface area contributed by atoms with Gasteiger partial charge < -0.3 is 4.74 Å². The number of hydrogen-bond acceptors (Lipinski definition) is 5. The van der Waals surface area contributed by atoms with Crippen molar-refractivity contribution in [1.29, 1.82) is 5.41 Å². The van der Waals surface area contributed by atoms with E-state index in [0.29, 0.717) is 0 Å². The van der Waals surface area contributed by atoms with Crippen molar-refractivity contribution in [2.75, 3.05) is 6.61 Å². The molecule has 13 heavy (non-hydrogen) atoms. The molecule has 1 aromatic rings. The van der Waals surface area contributed by atoms with Crippen molar-refractivity contribution in [3.63, 3.8) is 0 Å². The Balaban J connectivity index is 2.74. The summed E-state index contributed by atoms with van der Waals surface area (Å²) >= 11 is 0. The van der Waals surface area contributed by atoms with Crippen LogP contribution in [0.15, 0.2) is 18.3 Å². The summed E-state index contributed by atoms with van der Waals surface area (Å²) in [6.07, 6.45) is 1.47. The Labute approximate surface area is 75.3 Å². The molecule has 5 heteroatoms. The fourth-order valence-corrected chi connectivity index (χ4v) is 0.743. The van der Waals surface area contributed by atoms with Gasteiger partial charge in [0, 0.05) is 6.20 Å². The summed E-state index contributed by atoms with van der Waals surface area (Å²) in [5.74, 6) is -0.678. The van der Waals surface area contributed by atoms with Gasteiger partial charge in [0.25, 0.3) is 0 Å². The van der Waals surface area contributed by atoms with E-state index in [2.05, 4.69) is 14.9 Å². The van der Waals surface area contributed by atoms with E-state index in [4.69, 9.17) is 5.41 Å². The van der Waals surface area contributed by atoms with Crippen molar-refractivity contribution < 1.29 is 9.53 Å². The minimum Gasteiger partial charge on any atom is -0.461 e. The number of hydrogen-bond donors (Lipinski definition) is 1. The lowest BCUT2D eigenvalue weighted by Crippen LogP contribution is -2.18. The largest absolute Gasteiger partial charge is 0.461 e. The Kier molecular flexibility index (Phi) is 3.08. The van der Waals surface area contributed by atoms with E-state index >= 15 is 0 Å². The molecule has 0 atom stereocenters. The van der Waals surface area contributed by atoms with Crippen molar-refractivity contribution in [3.8, 4) is 0 Å². The second kappa shape index (κ2) is 4.30. The van der Waals surface area contributed by atoms with Gasteiger partial charge in [-0.2, -0.15) is 5.10 Å². The van der Waals surface area contributed by atoms with Crippen LogP contribution in [0.5, 0.6) is 0 Å². The third kappa shape index (κ3) is 2.33. The van der Waals surface area contributed by atoms with Gasteiger partial charge in [0.05, 0.1) is 6.61 Å².